The first kappa shape index (κ1) is 6.07. The molecule has 0 saturated heterocycles. The van der Waals surface area contributed by atoms with Crippen molar-refractivity contribution in [3.8, 4) is 6.07 Å². The molecule has 0 saturated carbocycles. The van der Waals surface area contributed by atoms with Gasteiger partial charge in [-0.05, 0) is 0 Å². The van der Waals surface area contributed by atoms with Gasteiger partial charge in [-0.3, -0.25) is 0 Å². The molecule has 0 amide bonds. The summed E-state index contributed by atoms with van der Waals surface area (Å²) in [5.41, 5.74) is 6.69. The third kappa shape index (κ3) is 0.893. The van der Waals surface area contributed by atoms with E-state index in [1.54, 1.807) is 6.20 Å². The van der Waals surface area contributed by atoms with Gasteiger partial charge in [0, 0.05) is 18.3 Å². The predicted molar refractivity (Wildman–Crippen MR) is 37.2 cm³/mol. The molecule has 5 nitrogen and oxygen atoms in total. The first-order valence-electron chi connectivity index (χ1n) is 3.15. The maximum Gasteiger partial charge on any atom is 0.234 e. The van der Waals surface area contributed by atoms with Crippen LogP contribution in [0.1, 0.15) is 11.4 Å². The fraction of sp³-hybridized carbons (Fsp3) is 0.167. The summed E-state index contributed by atoms with van der Waals surface area (Å²) < 4.78 is 0. The molecule has 0 radical (unpaired) electrons. The van der Waals surface area contributed by atoms with Crippen molar-refractivity contribution in [2.45, 2.75) is 6.54 Å². The maximum absolute atomic E-state index is 8.45. The Morgan fingerprint density at radius 2 is 2.55 bits per heavy atom. The molecule has 0 spiro atoms. The zero-order chi connectivity index (χ0) is 7.68. The number of hydrazine groups is 1. The van der Waals surface area contributed by atoms with Gasteiger partial charge >= 0.3 is 0 Å². The van der Waals surface area contributed by atoms with Crippen molar-refractivity contribution in [3.05, 3.63) is 17.6 Å². The smallest absolute Gasteiger partial charge is 0.234 e. The van der Waals surface area contributed by atoms with Gasteiger partial charge in [-0.25, -0.2) is 15.4 Å². The number of fused-ring (bicyclic) bond motifs is 1. The average Bonchev–Trinajstić information content (AvgIpc) is 2.50. The van der Waals surface area contributed by atoms with Gasteiger partial charge in [0.25, 0.3) is 0 Å². The highest BCUT2D eigenvalue weighted by molar-refractivity contribution is 5.46. The van der Waals surface area contributed by atoms with Crippen molar-refractivity contribution < 1.29 is 0 Å². The molecule has 54 valence electrons. The topological polar surface area (TPSA) is 73.6 Å². The van der Waals surface area contributed by atoms with Gasteiger partial charge in [0.2, 0.25) is 5.82 Å². The molecule has 0 aliphatic carbocycles. The molecule has 0 bridgehead atoms. The molecule has 0 atom stereocenters. The Balaban J connectivity index is 2.51. The lowest BCUT2D eigenvalue weighted by atomic mass is 10.3. The van der Waals surface area contributed by atoms with E-state index in [1.807, 2.05) is 6.07 Å². The largest absolute Gasteiger partial charge is 0.305 e. The van der Waals surface area contributed by atoms with Crippen LogP contribution in [0.2, 0.25) is 0 Å². The van der Waals surface area contributed by atoms with E-state index in [1.165, 1.54) is 0 Å². The molecule has 0 fully saturated rings. The molecule has 1 aromatic rings. The van der Waals surface area contributed by atoms with Crippen LogP contribution in [0.15, 0.2) is 6.20 Å². The highest BCUT2D eigenvalue weighted by Gasteiger charge is 2.11. The van der Waals surface area contributed by atoms with Crippen molar-refractivity contribution in [2.75, 3.05) is 5.43 Å². The van der Waals surface area contributed by atoms with E-state index in [-0.39, 0.29) is 5.82 Å². The Kier molecular flexibility index (Phi) is 1.20. The third-order valence-corrected chi connectivity index (χ3v) is 1.45. The molecule has 1 aromatic heterocycles. The lowest BCUT2D eigenvalue weighted by molar-refractivity contribution is 0.857. The molecule has 11 heavy (non-hydrogen) atoms. The van der Waals surface area contributed by atoms with Gasteiger partial charge in [0.15, 0.2) is 0 Å². The number of hydrogen-bond acceptors (Lipinski definition) is 5. The van der Waals surface area contributed by atoms with Gasteiger partial charge < -0.3 is 5.43 Å². The van der Waals surface area contributed by atoms with Crippen LogP contribution < -0.4 is 10.9 Å². The summed E-state index contributed by atoms with van der Waals surface area (Å²) in [4.78, 5) is 7.74. The zero-order valence-electron chi connectivity index (χ0n) is 5.63. The van der Waals surface area contributed by atoms with E-state index in [9.17, 15) is 0 Å². The third-order valence-electron chi connectivity index (χ3n) is 1.45. The van der Waals surface area contributed by atoms with Gasteiger partial charge in [0.05, 0.1) is 0 Å². The Morgan fingerprint density at radius 1 is 1.64 bits per heavy atom. The van der Waals surface area contributed by atoms with Crippen LogP contribution in [0.4, 0.5) is 5.82 Å². The monoisotopic (exact) mass is 147 g/mol. The lowest BCUT2D eigenvalue weighted by Crippen LogP contribution is -2.11. The highest BCUT2D eigenvalue weighted by atomic mass is 15.4. The summed E-state index contributed by atoms with van der Waals surface area (Å²) in [5.74, 6) is 0.900. The molecule has 2 rings (SSSR count). The second kappa shape index (κ2) is 2.18. The van der Waals surface area contributed by atoms with Crippen LogP contribution in [-0.2, 0) is 6.54 Å². The number of hydrogen-bond donors (Lipinski definition) is 2. The zero-order valence-corrected chi connectivity index (χ0v) is 5.63. The van der Waals surface area contributed by atoms with E-state index in [0.717, 1.165) is 5.56 Å². The summed E-state index contributed by atoms with van der Waals surface area (Å²) in [6, 6.07) is 1.87. The van der Waals surface area contributed by atoms with Crippen LogP contribution in [0.5, 0.6) is 0 Å². The van der Waals surface area contributed by atoms with Crippen molar-refractivity contribution in [1.82, 2.24) is 15.4 Å². The van der Waals surface area contributed by atoms with Gasteiger partial charge in [-0.2, -0.15) is 5.26 Å². The minimum absolute atomic E-state index is 0.194. The van der Waals surface area contributed by atoms with Crippen LogP contribution in [-0.4, -0.2) is 9.97 Å². The molecule has 1 aliphatic rings. The van der Waals surface area contributed by atoms with Crippen LogP contribution in [0.3, 0.4) is 0 Å². The number of rotatable bonds is 0. The van der Waals surface area contributed by atoms with Crippen molar-refractivity contribution >= 4 is 5.82 Å². The predicted octanol–water partition coefficient (Wildman–Crippen LogP) is -0.222. The van der Waals surface area contributed by atoms with Gasteiger partial charge in [-0.15, -0.1) is 0 Å². The number of nitriles is 1. The van der Waals surface area contributed by atoms with E-state index in [4.69, 9.17) is 5.26 Å². The second-order valence-electron chi connectivity index (χ2n) is 2.16. The maximum atomic E-state index is 8.45. The number of nitrogens with zero attached hydrogens (tertiary/aromatic N) is 3. The SMILES string of the molecule is N#Cc1ncc2c(n1)NNC2. The van der Waals surface area contributed by atoms with Crippen LogP contribution in [0.25, 0.3) is 0 Å². The lowest BCUT2D eigenvalue weighted by Gasteiger charge is -1.94. The minimum Gasteiger partial charge on any atom is -0.305 e. The van der Waals surface area contributed by atoms with Crippen LogP contribution in [0, 0.1) is 11.3 Å². The Bertz CT molecular complexity index is 326. The summed E-state index contributed by atoms with van der Waals surface area (Å²) in [7, 11) is 0. The fourth-order valence-electron chi connectivity index (χ4n) is 0.921. The minimum atomic E-state index is 0.194. The van der Waals surface area contributed by atoms with E-state index in [2.05, 4.69) is 20.8 Å². The highest BCUT2D eigenvalue weighted by Crippen LogP contribution is 2.14. The molecule has 2 N–H and O–H groups in total. The molecule has 0 aromatic carbocycles. The fourth-order valence-corrected chi connectivity index (χ4v) is 0.921. The number of nitrogens with one attached hydrogen (secondary N) is 2. The quantitative estimate of drug-likeness (QED) is 0.530. The molecule has 5 heteroatoms. The van der Waals surface area contributed by atoms with Crippen LogP contribution >= 0.6 is 0 Å². The van der Waals surface area contributed by atoms with Gasteiger partial charge in [-0.1, -0.05) is 0 Å². The first-order chi connectivity index (χ1) is 5.40. The van der Waals surface area contributed by atoms with E-state index < -0.39 is 0 Å². The second-order valence-corrected chi connectivity index (χ2v) is 2.16. The molecule has 2 heterocycles. The number of anilines is 1. The summed E-state index contributed by atoms with van der Waals surface area (Å²) in [6.07, 6.45) is 1.65. The molecular weight excluding hydrogens is 142 g/mol. The summed E-state index contributed by atoms with van der Waals surface area (Å²) in [6.45, 7) is 0.709. The Labute approximate surface area is 63.1 Å². The summed E-state index contributed by atoms with van der Waals surface area (Å²) >= 11 is 0. The Hall–Kier alpha value is -1.67. The Morgan fingerprint density at radius 3 is 3.36 bits per heavy atom. The average molecular weight is 147 g/mol. The number of aromatic nitrogens is 2. The summed E-state index contributed by atoms with van der Waals surface area (Å²) in [5, 5.41) is 8.45. The normalized spacial score (nSPS) is 13.4. The van der Waals surface area contributed by atoms with E-state index >= 15 is 0 Å². The standard InChI is InChI=1S/C6H5N5/c7-1-5-8-2-4-3-9-11-6(4)10-5/h2,9H,3H2,(H,8,10,11). The first-order valence-corrected chi connectivity index (χ1v) is 3.15. The molecular formula is C6H5N5. The molecule has 1 aliphatic heterocycles. The van der Waals surface area contributed by atoms with E-state index in [0.29, 0.717) is 12.4 Å². The van der Waals surface area contributed by atoms with Crippen molar-refractivity contribution in [2.24, 2.45) is 0 Å². The van der Waals surface area contributed by atoms with Gasteiger partial charge in [0.1, 0.15) is 11.9 Å². The van der Waals surface area contributed by atoms with Crippen molar-refractivity contribution in [3.63, 3.8) is 0 Å². The van der Waals surface area contributed by atoms with Crippen molar-refractivity contribution in [1.29, 1.82) is 5.26 Å². The molecule has 0 unspecified atom stereocenters.